The minimum Gasteiger partial charge on any atom is -0.384 e. The summed E-state index contributed by atoms with van der Waals surface area (Å²) >= 11 is 5.96. The van der Waals surface area contributed by atoms with Crippen molar-refractivity contribution in [3.8, 4) is 0 Å². The van der Waals surface area contributed by atoms with Gasteiger partial charge in [-0.05, 0) is 25.7 Å². The van der Waals surface area contributed by atoms with Crippen LogP contribution in [0, 0.1) is 5.92 Å². The maximum atomic E-state index is 10.2. The summed E-state index contributed by atoms with van der Waals surface area (Å²) < 4.78 is 1.65. The Balaban J connectivity index is 2.42. The highest BCUT2D eigenvalue weighted by Gasteiger charge is 2.44. The zero-order valence-electron chi connectivity index (χ0n) is 7.79. The number of rotatable bonds is 2. The molecule has 1 heterocycles. The summed E-state index contributed by atoms with van der Waals surface area (Å²) in [5.74, 6) is 0.348. The van der Waals surface area contributed by atoms with Crippen LogP contribution in [0.4, 0.5) is 0 Å². The van der Waals surface area contributed by atoms with Crippen molar-refractivity contribution >= 4 is 11.6 Å². The van der Waals surface area contributed by atoms with E-state index in [0.29, 0.717) is 10.9 Å². The van der Waals surface area contributed by atoms with Gasteiger partial charge in [-0.2, -0.15) is 5.10 Å². The number of aliphatic hydroxyl groups is 1. The van der Waals surface area contributed by atoms with Gasteiger partial charge in [0.2, 0.25) is 0 Å². The molecule has 1 aromatic heterocycles. The molecule has 1 saturated carbocycles. The van der Waals surface area contributed by atoms with E-state index in [1.54, 1.807) is 17.9 Å². The molecule has 1 aromatic rings. The molecule has 0 amide bonds. The molecule has 0 bridgehead atoms. The van der Waals surface area contributed by atoms with E-state index in [1.807, 2.05) is 6.92 Å². The van der Waals surface area contributed by atoms with Crippen LogP contribution in [0.15, 0.2) is 6.20 Å². The number of hydrogen-bond acceptors (Lipinski definition) is 2. The van der Waals surface area contributed by atoms with Gasteiger partial charge in [0.15, 0.2) is 0 Å². The Hall–Kier alpha value is -0.540. The molecule has 72 valence electrons. The summed E-state index contributed by atoms with van der Waals surface area (Å²) in [5.41, 5.74) is -0.0841. The molecule has 1 atom stereocenters. The minimum atomic E-state index is -0.817. The molecule has 2 rings (SSSR count). The summed E-state index contributed by atoms with van der Waals surface area (Å²) in [5, 5.41) is 14.8. The third-order valence-electron chi connectivity index (χ3n) is 2.75. The number of aryl methyl sites for hydroxylation is 1. The highest BCUT2D eigenvalue weighted by Crippen LogP contribution is 2.46. The maximum Gasteiger partial charge on any atom is 0.108 e. The summed E-state index contributed by atoms with van der Waals surface area (Å²) in [6.07, 6.45) is 3.73. The molecule has 1 N–H and O–H groups in total. The zero-order chi connectivity index (χ0) is 9.64. The van der Waals surface area contributed by atoms with Gasteiger partial charge < -0.3 is 5.11 Å². The first-order valence-electron chi connectivity index (χ1n) is 4.44. The van der Waals surface area contributed by atoms with Gasteiger partial charge in [0.25, 0.3) is 0 Å². The topological polar surface area (TPSA) is 38.0 Å². The highest BCUT2D eigenvalue weighted by molar-refractivity contribution is 6.31. The van der Waals surface area contributed by atoms with Gasteiger partial charge >= 0.3 is 0 Å². The van der Waals surface area contributed by atoms with Gasteiger partial charge in [0.05, 0.1) is 16.9 Å². The third-order valence-corrected chi connectivity index (χ3v) is 3.02. The van der Waals surface area contributed by atoms with Crippen molar-refractivity contribution in [2.75, 3.05) is 0 Å². The van der Waals surface area contributed by atoms with E-state index in [-0.39, 0.29) is 0 Å². The summed E-state index contributed by atoms with van der Waals surface area (Å²) in [6, 6.07) is 0. The minimum absolute atomic E-state index is 0.348. The first kappa shape index (κ1) is 9.03. The fraction of sp³-hybridized carbons (Fsp3) is 0.667. The predicted molar refractivity (Wildman–Crippen MR) is 50.5 cm³/mol. The van der Waals surface area contributed by atoms with Crippen molar-refractivity contribution in [2.45, 2.75) is 25.4 Å². The molecule has 0 aromatic carbocycles. The lowest BCUT2D eigenvalue weighted by Gasteiger charge is -2.23. The van der Waals surface area contributed by atoms with Gasteiger partial charge in [0, 0.05) is 7.05 Å². The van der Waals surface area contributed by atoms with Crippen molar-refractivity contribution in [1.29, 1.82) is 0 Å². The first-order valence-corrected chi connectivity index (χ1v) is 4.81. The monoisotopic (exact) mass is 200 g/mol. The summed E-state index contributed by atoms with van der Waals surface area (Å²) in [4.78, 5) is 0. The Morgan fingerprint density at radius 3 is 2.69 bits per heavy atom. The van der Waals surface area contributed by atoms with E-state index in [0.717, 1.165) is 18.5 Å². The van der Waals surface area contributed by atoms with Gasteiger partial charge in [0.1, 0.15) is 5.60 Å². The molecular weight excluding hydrogens is 188 g/mol. The molecule has 1 aliphatic rings. The van der Waals surface area contributed by atoms with Crippen molar-refractivity contribution in [1.82, 2.24) is 9.78 Å². The van der Waals surface area contributed by atoms with Gasteiger partial charge in [-0.1, -0.05) is 11.6 Å². The lowest BCUT2D eigenvalue weighted by atomic mass is 9.96. The molecule has 0 aliphatic heterocycles. The molecule has 0 spiro atoms. The lowest BCUT2D eigenvalue weighted by Crippen LogP contribution is -2.27. The van der Waals surface area contributed by atoms with Crippen molar-refractivity contribution in [3.05, 3.63) is 16.9 Å². The van der Waals surface area contributed by atoms with Gasteiger partial charge in [-0.3, -0.25) is 4.68 Å². The Kier molecular flexibility index (Phi) is 1.89. The molecule has 4 heteroatoms. The largest absolute Gasteiger partial charge is 0.384 e. The number of aromatic nitrogens is 2. The van der Waals surface area contributed by atoms with Crippen molar-refractivity contribution in [2.24, 2.45) is 13.0 Å². The van der Waals surface area contributed by atoms with Crippen LogP contribution in [0.5, 0.6) is 0 Å². The van der Waals surface area contributed by atoms with Gasteiger partial charge in [-0.15, -0.1) is 0 Å². The zero-order valence-corrected chi connectivity index (χ0v) is 8.54. The second-order valence-corrected chi connectivity index (χ2v) is 4.29. The van der Waals surface area contributed by atoms with Crippen LogP contribution in [-0.4, -0.2) is 14.9 Å². The maximum absolute atomic E-state index is 10.2. The van der Waals surface area contributed by atoms with Crippen LogP contribution >= 0.6 is 11.6 Å². The highest BCUT2D eigenvalue weighted by atomic mass is 35.5. The lowest BCUT2D eigenvalue weighted by molar-refractivity contribution is 0.0250. The standard InChI is InChI=1S/C9H13ClN2O/c1-9(13,6-3-4-6)8-7(10)5-11-12(8)2/h5-6,13H,3-4H2,1-2H3. The van der Waals surface area contributed by atoms with E-state index >= 15 is 0 Å². The molecule has 1 unspecified atom stereocenters. The fourth-order valence-electron chi connectivity index (χ4n) is 1.82. The predicted octanol–water partition coefficient (Wildman–Crippen LogP) is 1.69. The van der Waals surface area contributed by atoms with Crippen LogP contribution < -0.4 is 0 Å². The van der Waals surface area contributed by atoms with E-state index < -0.39 is 5.60 Å². The van der Waals surface area contributed by atoms with Crippen LogP contribution in [0.2, 0.25) is 5.02 Å². The SMILES string of the molecule is Cn1ncc(Cl)c1C(C)(O)C1CC1. The van der Waals surface area contributed by atoms with Crippen LogP contribution in [0.25, 0.3) is 0 Å². The van der Waals surface area contributed by atoms with Crippen LogP contribution in [-0.2, 0) is 12.6 Å². The Bertz CT molecular complexity index is 309. The molecule has 1 aliphatic carbocycles. The van der Waals surface area contributed by atoms with E-state index in [2.05, 4.69) is 5.10 Å². The van der Waals surface area contributed by atoms with Crippen LogP contribution in [0.1, 0.15) is 25.5 Å². The average molecular weight is 201 g/mol. The number of halogens is 1. The molecule has 13 heavy (non-hydrogen) atoms. The molecule has 3 nitrogen and oxygen atoms in total. The third kappa shape index (κ3) is 1.36. The van der Waals surface area contributed by atoms with E-state index in [9.17, 15) is 5.11 Å². The van der Waals surface area contributed by atoms with Crippen LogP contribution in [0.3, 0.4) is 0 Å². The summed E-state index contributed by atoms with van der Waals surface area (Å²) in [7, 11) is 1.80. The number of hydrogen-bond donors (Lipinski definition) is 1. The van der Waals surface area contributed by atoms with Gasteiger partial charge in [-0.25, -0.2) is 0 Å². The fourth-order valence-corrected chi connectivity index (χ4v) is 2.18. The Morgan fingerprint density at radius 1 is 1.69 bits per heavy atom. The van der Waals surface area contributed by atoms with Crippen molar-refractivity contribution in [3.63, 3.8) is 0 Å². The second kappa shape index (κ2) is 2.72. The number of nitrogens with zero attached hydrogens (tertiary/aromatic N) is 2. The van der Waals surface area contributed by atoms with Crippen molar-refractivity contribution < 1.29 is 5.11 Å². The van der Waals surface area contributed by atoms with E-state index in [4.69, 9.17) is 11.6 Å². The summed E-state index contributed by atoms with van der Waals surface area (Å²) in [6.45, 7) is 1.81. The second-order valence-electron chi connectivity index (χ2n) is 3.89. The molecular formula is C9H13ClN2O. The van der Waals surface area contributed by atoms with E-state index in [1.165, 1.54) is 0 Å². The smallest absolute Gasteiger partial charge is 0.108 e. The Morgan fingerprint density at radius 2 is 2.31 bits per heavy atom. The quantitative estimate of drug-likeness (QED) is 0.789. The molecule has 0 saturated heterocycles. The molecule has 1 fully saturated rings. The normalized spacial score (nSPS) is 21.5. The first-order chi connectivity index (χ1) is 6.03. The molecule has 0 radical (unpaired) electrons. The average Bonchev–Trinajstić information content (AvgIpc) is 2.79. The Labute approximate surface area is 82.3 Å².